The summed E-state index contributed by atoms with van der Waals surface area (Å²) in [6, 6.07) is 8.02. The summed E-state index contributed by atoms with van der Waals surface area (Å²) < 4.78 is 5.72. The van der Waals surface area contributed by atoms with Crippen molar-refractivity contribution in [3.8, 4) is 17.4 Å². The van der Waals surface area contributed by atoms with E-state index in [2.05, 4.69) is 20.3 Å². The Kier molecular flexibility index (Phi) is 4.93. The van der Waals surface area contributed by atoms with Gasteiger partial charge in [0.1, 0.15) is 11.5 Å². The zero-order valence-corrected chi connectivity index (χ0v) is 13.9. The normalized spacial score (nSPS) is 10.3. The summed E-state index contributed by atoms with van der Waals surface area (Å²) in [7, 11) is 0. The van der Waals surface area contributed by atoms with Crippen molar-refractivity contribution in [3.63, 3.8) is 0 Å². The Morgan fingerprint density at radius 2 is 2.15 bits per heavy atom. The van der Waals surface area contributed by atoms with Crippen LogP contribution < -0.4 is 15.6 Å². The van der Waals surface area contributed by atoms with Crippen LogP contribution in [0.1, 0.15) is 21.6 Å². The number of nitrogens with zero attached hydrogens (tertiary/aromatic N) is 2. The van der Waals surface area contributed by atoms with Crippen molar-refractivity contribution >= 4 is 5.91 Å². The number of aromatic nitrogens is 3. The number of H-pyrrole nitrogens is 1. The Hall–Kier alpha value is -3.68. The number of ether oxygens (including phenoxy) is 1. The van der Waals surface area contributed by atoms with Gasteiger partial charge < -0.3 is 20.1 Å². The molecule has 0 fully saturated rings. The van der Waals surface area contributed by atoms with Gasteiger partial charge in [-0.25, -0.2) is 4.98 Å². The lowest BCUT2D eigenvalue weighted by Gasteiger charge is -2.11. The minimum absolute atomic E-state index is 0.0290. The largest absolute Gasteiger partial charge is 0.507 e. The van der Waals surface area contributed by atoms with Crippen LogP contribution in [0.4, 0.5) is 0 Å². The summed E-state index contributed by atoms with van der Waals surface area (Å²) in [5, 5.41) is 12.4. The Labute approximate surface area is 148 Å². The van der Waals surface area contributed by atoms with Crippen molar-refractivity contribution < 1.29 is 14.6 Å². The molecule has 3 aromatic rings. The van der Waals surface area contributed by atoms with E-state index in [4.69, 9.17) is 4.74 Å². The molecule has 8 nitrogen and oxygen atoms in total. The van der Waals surface area contributed by atoms with E-state index < -0.39 is 11.5 Å². The van der Waals surface area contributed by atoms with Crippen molar-refractivity contribution in [2.24, 2.45) is 0 Å². The SMILES string of the molecule is Cc1ccc(Oc2ncccc2CNC(=O)c2c[nH]c(=O)cc2O)cn1. The summed E-state index contributed by atoms with van der Waals surface area (Å²) in [4.78, 5) is 34.0. The van der Waals surface area contributed by atoms with Crippen molar-refractivity contribution in [2.75, 3.05) is 0 Å². The molecule has 0 aliphatic heterocycles. The molecule has 0 saturated carbocycles. The number of amides is 1. The number of pyridine rings is 3. The Morgan fingerprint density at radius 1 is 1.31 bits per heavy atom. The lowest BCUT2D eigenvalue weighted by Crippen LogP contribution is -2.24. The topological polar surface area (TPSA) is 117 Å². The zero-order chi connectivity index (χ0) is 18.5. The molecule has 0 atom stereocenters. The molecule has 8 heteroatoms. The van der Waals surface area contributed by atoms with Crippen LogP contribution in [-0.4, -0.2) is 26.0 Å². The highest BCUT2D eigenvalue weighted by molar-refractivity contribution is 5.96. The second kappa shape index (κ2) is 7.47. The molecule has 0 aromatic carbocycles. The first kappa shape index (κ1) is 17.2. The Bertz CT molecular complexity index is 983. The van der Waals surface area contributed by atoms with E-state index >= 15 is 0 Å². The molecule has 0 aliphatic rings. The molecule has 26 heavy (non-hydrogen) atoms. The number of aromatic hydroxyl groups is 1. The highest BCUT2D eigenvalue weighted by Crippen LogP contribution is 2.22. The number of aromatic amines is 1. The zero-order valence-electron chi connectivity index (χ0n) is 13.9. The fourth-order valence-electron chi connectivity index (χ4n) is 2.19. The van der Waals surface area contributed by atoms with Crippen LogP contribution in [0.15, 0.2) is 53.7 Å². The molecule has 1 amide bonds. The molecule has 132 valence electrons. The molecular formula is C18H16N4O4. The lowest BCUT2D eigenvalue weighted by atomic mass is 10.2. The third-order valence-corrected chi connectivity index (χ3v) is 3.54. The third kappa shape index (κ3) is 4.04. The predicted octanol–water partition coefficient (Wildman–Crippen LogP) is 1.90. The number of nitrogens with one attached hydrogen (secondary N) is 2. The fraction of sp³-hybridized carbons (Fsp3) is 0.111. The molecular weight excluding hydrogens is 336 g/mol. The average Bonchev–Trinajstić information content (AvgIpc) is 2.62. The van der Waals surface area contributed by atoms with Crippen molar-refractivity contribution in [1.29, 1.82) is 0 Å². The molecule has 0 bridgehead atoms. The van der Waals surface area contributed by atoms with Crippen molar-refractivity contribution in [1.82, 2.24) is 20.3 Å². The fourth-order valence-corrected chi connectivity index (χ4v) is 2.19. The first-order chi connectivity index (χ1) is 12.5. The van der Waals surface area contributed by atoms with E-state index in [1.165, 1.54) is 0 Å². The van der Waals surface area contributed by atoms with Gasteiger partial charge in [-0.2, -0.15) is 0 Å². The minimum atomic E-state index is -0.537. The molecule has 3 rings (SSSR count). The first-order valence-electron chi connectivity index (χ1n) is 7.77. The maximum atomic E-state index is 12.2. The van der Waals surface area contributed by atoms with Gasteiger partial charge in [-0.15, -0.1) is 0 Å². The number of carbonyl (C=O) groups excluding carboxylic acids is 1. The van der Waals surface area contributed by atoms with Gasteiger partial charge in [0.25, 0.3) is 11.5 Å². The molecule has 0 spiro atoms. The van der Waals surface area contributed by atoms with Gasteiger partial charge in [0.15, 0.2) is 0 Å². The molecule has 0 radical (unpaired) electrons. The summed E-state index contributed by atoms with van der Waals surface area (Å²) in [5.41, 5.74) is 0.990. The van der Waals surface area contributed by atoms with Gasteiger partial charge in [-0.3, -0.25) is 14.6 Å². The third-order valence-electron chi connectivity index (χ3n) is 3.54. The maximum Gasteiger partial charge on any atom is 0.256 e. The number of hydrogen-bond donors (Lipinski definition) is 3. The first-order valence-corrected chi connectivity index (χ1v) is 7.77. The van der Waals surface area contributed by atoms with E-state index in [0.717, 1.165) is 18.0 Å². The van der Waals surface area contributed by atoms with Crippen LogP contribution >= 0.6 is 0 Å². The van der Waals surface area contributed by atoms with Crippen LogP contribution in [0, 0.1) is 6.92 Å². The monoisotopic (exact) mass is 352 g/mol. The summed E-state index contributed by atoms with van der Waals surface area (Å²) in [6.45, 7) is 2.00. The summed E-state index contributed by atoms with van der Waals surface area (Å²) >= 11 is 0. The van der Waals surface area contributed by atoms with Crippen LogP contribution in [0.2, 0.25) is 0 Å². The number of hydrogen-bond acceptors (Lipinski definition) is 6. The second-order valence-corrected chi connectivity index (χ2v) is 5.48. The average molecular weight is 352 g/mol. The van der Waals surface area contributed by atoms with Gasteiger partial charge in [-0.1, -0.05) is 6.07 Å². The highest BCUT2D eigenvalue weighted by atomic mass is 16.5. The predicted molar refractivity (Wildman–Crippen MR) is 93.2 cm³/mol. The standard InChI is InChI=1S/C18H16N4O4/c1-11-4-5-13(9-20-11)26-18-12(3-2-6-19-18)8-22-17(25)14-10-21-16(24)7-15(14)23/h2-7,9-10H,8H2,1H3,(H,22,25)(H2,21,23,24). The Morgan fingerprint density at radius 3 is 2.88 bits per heavy atom. The highest BCUT2D eigenvalue weighted by Gasteiger charge is 2.13. The molecule has 3 aromatic heterocycles. The lowest BCUT2D eigenvalue weighted by molar-refractivity contribution is 0.0947. The van der Waals surface area contributed by atoms with Gasteiger partial charge in [0.2, 0.25) is 5.88 Å². The molecule has 0 aliphatic carbocycles. The van der Waals surface area contributed by atoms with E-state index in [1.807, 2.05) is 13.0 Å². The molecule has 3 N–H and O–H groups in total. The minimum Gasteiger partial charge on any atom is -0.507 e. The maximum absolute atomic E-state index is 12.2. The van der Waals surface area contributed by atoms with Crippen LogP contribution in [0.5, 0.6) is 17.4 Å². The van der Waals surface area contributed by atoms with Crippen LogP contribution in [-0.2, 0) is 6.54 Å². The van der Waals surface area contributed by atoms with Crippen LogP contribution in [0.3, 0.4) is 0 Å². The van der Waals surface area contributed by atoms with E-state index in [1.54, 1.807) is 30.6 Å². The van der Waals surface area contributed by atoms with Crippen LogP contribution in [0.25, 0.3) is 0 Å². The smallest absolute Gasteiger partial charge is 0.256 e. The van der Waals surface area contributed by atoms with Crippen molar-refractivity contribution in [2.45, 2.75) is 13.5 Å². The quantitative estimate of drug-likeness (QED) is 0.646. The number of carbonyl (C=O) groups is 1. The summed E-state index contributed by atoms with van der Waals surface area (Å²) in [6.07, 6.45) is 4.33. The van der Waals surface area contributed by atoms with Gasteiger partial charge in [-0.05, 0) is 25.1 Å². The van der Waals surface area contributed by atoms with Gasteiger partial charge in [0.05, 0.1) is 11.8 Å². The van der Waals surface area contributed by atoms with Crippen molar-refractivity contribution in [3.05, 3.63) is 76.1 Å². The molecule has 0 saturated heterocycles. The number of rotatable bonds is 5. The van der Waals surface area contributed by atoms with Gasteiger partial charge >= 0.3 is 0 Å². The number of aryl methyl sites for hydroxylation is 1. The van der Waals surface area contributed by atoms with Gasteiger partial charge in [0, 0.05) is 36.3 Å². The second-order valence-electron chi connectivity index (χ2n) is 5.48. The molecule has 0 unspecified atom stereocenters. The van der Waals surface area contributed by atoms with E-state index in [-0.39, 0.29) is 17.9 Å². The van der Waals surface area contributed by atoms with E-state index in [9.17, 15) is 14.7 Å². The Balaban J connectivity index is 1.73. The summed E-state index contributed by atoms with van der Waals surface area (Å²) in [5.74, 6) is -0.0607. The van der Waals surface area contributed by atoms with E-state index in [0.29, 0.717) is 17.2 Å². The molecule has 3 heterocycles.